The van der Waals surface area contributed by atoms with E-state index in [1.807, 2.05) is 25.1 Å². The number of halogens is 3. The van der Waals surface area contributed by atoms with Gasteiger partial charge in [0.1, 0.15) is 11.8 Å². The van der Waals surface area contributed by atoms with E-state index in [9.17, 15) is 22.8 Å². The third kappa shape index (κ3) is 4.65. The van der Waals surface area contributed by atoms with Gasteiger partial charge in [0.25, 0.3) is 0 Å². The minimum Gasteiger partial charge on any atom is -0.406 e. The van der Waals surface area contributed by atoms with E-state index in [-0.39, 0.29) is 30.5 Å². The van der Waals surface area contributed by atoms with Crippen LogP contribution in [0.5, 0.6) is 5.75 Å². The van der Waals surface area contributed by atoms with E-state index >= 15 is 0 Å². The molecule has 2 N–H and O–H groups in total. The predicted octanol–water partition coefficient (Wildman–Crippen LogP) is 3.84. The lowest BCUT2D eigenvalue weighted by atomic mass is 10.1. The molecule has 0 radical (unpaired) electrons. The predicted molar refractivity (Wildman–Crippen MR) is 109 cm³/mol. The lowest BCUT2D eigenvalue weighted by Crippen LogP contribution is -2.42. The lowest BCUT2D eigenvalue weighted by molar-refractivity contribution is -0.274. The zero-order valence-electron chi connectivity index (χ0n) is 16.6. The summed E-state index contributed by atoms with van der Waals surface area (Å²) in [7, 11) is 0. The molecule has 31 heavy (non-hydrogen) atoms. The Balaban J connectivity index is 1.41. The summed E-state index contributed by atoms with van der Waals surface area (Å²) in [6.07, 6.45) is -2.56. The van der Waals surface area contributed by atoms with Crippen molar-refractivity contribution >= 4 is 28.4 Å². The van der Waals surface area contributed by atoms with Gasteiger partial charge in [-0.05, 0) is 42.7 Å². The number of H-pyrrole nitrogens is 1. The van der Waals surface area contributed by atoms with Crippen LogP contribution >= 0.6 is 0 Å². The van der Waals surface area contributed by atoms with Gasteiger partial charge in [-0.2, -0.15) is 0 Å². The van der Waals surface area contributed by atoms with Gasteiger partial charge in [0.05, 0.1) is 6.42 Å². The Labute approximate surface area is 176 Å². The molecule has 162 valence electrons. The first-order valence-corrected chi connectivity index (χ1v) is 9.73. The van der Waals surface area contributed by atoms with Gasteiger partial charge in [0.15, 0.2) is 0 Å². The molecule has 3 aromatic rings. The number of carbonyl (C=O) groups excluding carboxylic acids is 2. The molecule has 4 rings (SSSR count). The fourth-order valence-electron chi connectivity index (χ4n) is 3.78. The number of nitrogens with one attached hydrogen (secondary N) is 2. The van der Waals surface area contributed by atoms with Crippen LogP contribution in [0.3, 0.4) is 0 Å². The van der Waals surface area contributed by atoms with Crippen LogP contribution < -0.4 is 15.0 Å². The molecule has 1 saturated heterocycles. The van der Waals surface area contributed by atoms with Crippen molar-refractivity contribution < 1.29 is 27.5 Å². The molecule has 1 aliphatic heterocycles. The minimum absolute atomic E-state index is 0.113. The summed E-state index contributed by atoms with van der Waals surface area (Å²) in [4.78, 5) is 29.8. The van der Waals surface area contributed by atoms with Crippen LogP contribution in [0.25, 0.3) is 10.9 Å². The Morgan fingerprint density at radius 1 is 1.26 bits per heavy atom. The minimum atomic E-state index is -4.81. The van der Waals surface area contributed by atoms with Crippen molar-refractivity contribution in [3.63, 3.8) is 0 Å². The molecule has 0 spiro atoms. The second-order valence-electron chi connectivity index (χ2n) is 7.48. The number of benzene rings is 2. The molecule has 2 heterocycles. The number of hydrogen-bond donors (Lipinski definition) is 2. The number of ether oxygens (including phenoxy) is 1. The van der Waals surface area contributed by atoms with Gasteiger partial charge in [0.2, 0.25) is 11.8 Å². The first kappa shape index (κ1) is 20.8. The number of anilines is 1. The van der Waals surface area contributed by atoms with Crippen molar-refractivity contribution in [3.05, 3.63) is 59.8 Å². The van der Waals surface area contributed by atoms with E-state index in [0.29, 0.717) is 6.42 Å². The van der Waals surface area contributed by atoms with Crippen LogP contribution in [0.15, 0.2) is 48.7 Å². The van der Waals surface area contributed by atoms with Crippen LogP contribution in [0, 0.1) is 6.92 Å². The molecule has 1 fully saturated rings. The Hall–Kier alpha value is -3.49. The molecule has 1 aliphatic rings. The molecule has 9 heteroatoms. The molecular formula is C22H20F3N3O3. The standard InChI is InChI=1S/C22H20F3N3O3/c1-13-5-6-17-14(12-26-19(17)9-13)10-20(29)27-18-7-8-28(21(18)30)15-3-2-4-16(11-15)31-22(23,24)25/h2-6,9,11-12,18,26H,7-8,10H2,1H3,(H,27,29). The SMILES string of the molecule is Cc1ccc2c(CC(=O)NC3CCN(c4cccc(OC(F)(F)F)c4)C3=O)c[nH]c2c1. The number of nitrogens with zero attached hydrogens (tertiary/aromatic N) is 1. The van der Waals surface area contributed by atoms with Gasteiger partial charge in [-0.3, -0.25) is 9.59 Å². The van der Waals surface area contributed by atoms with Crippen LogP contribution in [-0.4, -0.2) is 35.7 Å². The van der Waals surface area contributed by atoms with E-state index in [1.54, 1.807) is 6.20 Å². The second kappa shape index (κ2) is 7.98. The number of alkyl halides is 3. The fraction of sp³-hybridized carbons (Fsp3) is 0.273. The monoisotopic (exact) mass is 431 g/mol. The molecule has 0 bridgehead atoms. The van der Waals surface area contributed by atoms with Gasteiger partial charge in [-0.1, -0.05) is 18.2 Å². The number of carbonyl (C=O) groups is 2. The van der Waals surface area contributed by atoms with Crippen LogP contribution in [-0.2, 0) is 16.0 Å². The van der Waals surface area contributed by atoms with Gasteiger partial charge < -0.3 is 19.9 Å². The third-order valence-electron chi connectivity index (χ3n) is 5.18. The molecule has 6 nitrogen and oxygen atoms in total. The largest absolute Gasteiger partial charge is 0.573 e. The molecule has 0 aliphatic carbocycles. The maximum Gasteiger partial charge on any atom is 0.573 e. The molecule has 1 aromatic heterocycles. The molecule has 2 amide bonds. The number of fused-ring (bicyclic) bond motifs is 1. The Bertz CT molecular complexity index is 1140. The average molecular weight is 431 g/mol. The number of hydrogen-bond acceptors (Lipinski definition) is 3. The van der Waals surface area contributed by atoms with Crippen molar-refractivity contribution in [3.8, 4) is 5.75 Å². The second-order valence-corrected chi connectivity index (χ2v) is 7.48. The first-order chi connectivity index (χ1) is 14.7. The Morgan fingerprint density at radius 2 is 2.06 bits per heavy atom. The van der Waals surface area contributed by atoms with Crippen LogP contribution in [0.4, 0.5) is 18.9 Å². The van der Waals surface area contributed by atoms with Crippen molar-refractivity contribution in [2.24, 2.45) is 0 Å². The molecule has 2 aromatic carbocycles. The summed E-state index contributed by atoms with van der Waals surface area (Å²) in [6, 6.07) is 10.4. The lowest BCUT2D eigenvalue weighted by Gasteiger charge is -2.18. The molecular weight excluding hydrogens is 411 g/mol. The van der Waals surface area contributed by atoms with E-state index in [4.69, 9.17) is 0 Å². The highest BCUT2D eigenvalue weighted by molar-refractivity contribution is 6.02. The summed E-state index contributed by atoms with van der Waals surface area (Å²) in [6.45, 7) is 2.26. The highest BCUT2D eigenvalue weighted by Crippen LogP contribution is 2.29. The summed E-state index contributed by atoms with van der Waals surface area (Å²) < 4.78 is 41.3. The van der Waals surface area contributed by atoms with E-state index in [0.717, 1.165) is 28.1 Å². The Kier molecular flexibility index (Phi) is 5.34. The summed E-state index contributed by atoms with van der Waals surface area (Å²) in [5.41, 5.74) is 3.15. The molecule has 0 saturated carbocycles. The van der Waals surface area contributed by atoms with Gasteiger partial charge in [-0.15, -0.1) is 13.2 Å². The van der Waals surface area contributed by atoms with Gasteiger partial charge in [0, 0.05) is 35.4 Å². The quantitative estimate of drug-likeness (QED) is 0.645. The highest BCUT2D eigenvalue weighted by atomic mass is 19.4. The zero-order chi connectivity index (χ0) is 22.2. The van der Waals surface area contributed by atoms with Crippen LogP contribution in [0.1, 0.15) is 17.5 Å². The smallest absolute Gasteiger partial charge is 0.406 e. The molecule has 1 unspecified atom stereocenters. The van der Waals surface area contributed by atoms with Crippen molar-refractivity contribution in [1.82, 2.24) is 10.3 Å². The fourth-order valence-corrected chi connectivity index (χ4v) is 3.78. The van der Waals surface area contributed by atoms with Gasteiger partial charge >= 0.3 is 6.36 Å². The number of rotatable bonds is 5. The van der Waals surface area contributed by atoms with E-state index in [2.05, 4.69) is 15.0 Å². The normalized spacial score (nSPS) is 16.7. The number of aromatic amines is 1. The highest BCUT2D eigenvalue weighted by Gasteiger charge is 2.35. The van der Waals surface area contributed by atoms with Crippen molar-refractivity contribution in [2.45, 2.75) is 32.2 Å². The maximum absolute atomic E-state index is 12.7. The topological polar surface area (TPSA) is 74.4 Å². The van der Waals surface area contributed by atoms with E-state index < -0.39 is 18.2 Å². The zero-order valence-corrected chi connectivity index (χ0v) is 16.6. The van der Waals surface area contributed by atoms with Crippen molar-refractivity contribution in [2.75, 3.05) is 11.4 Å². The number of amides is 2. The maximum atomic E-state index is 12.7. The number of aryl methyl sites for hydroxylation is 1. The Morgan fingerprint density at radius 3 is 2.84 bits per heavy atom. The average Bonchev–Trinajstić information content (AvgIpc) is 3.24. The summed E-state index contributed by atoms with van der Waals surface area (Å²) >= 11 is 0. The summed E-state index contributed by atoms with van der Waals surface area (Å²) in [5.74, 6) is -1.07. The summed E-state index contributed by atoms with van der Waals surface area (Å²) in [5, 5.41) is 3.69. The first-order valence-electron chi connectivity index (χ1n) is 9.73. The third-order valence-corrected chi connectivity index (χ3v) is 5.18. The van der Waals surface area contributed by atoms with Crippen molar-refractivity contribution in [1.29, 1.82) is 0 Å². The number of aromatic nitrogens is 1. The van der Waals surface area contributed by atoms with E-state index in [1.165, 1.54) is 23.1 Å². The van der Waals surface area contributed by atoms with Gasteiger partial charge in [-0.25, -0.2) is 0 Å². The molecule has 1 atom stereocenters. The van der Waals surface area contributed by atoms with Crippen LogP contribution in [0.2, 0.25) is 0 Å².